The number of benzene rings is 2. The van der Waals surface area contributed by atoms with E-state index in [4.69, 9.17) is 32.1 Å². The van der Waals surface area contributed by atoms with E-state index >= 15 is 0 Å². The Labute approximate surface area is 186 Å². The second kappa shape index (κ2) is 8.12. The van der Waals surface area contributed by atoms with Crippen molar-refractivity contribution in [3.8, 4) is 17.6 Å². The zero-order chi connectivity index (χ0) is 23.0. The number of rotatable bonds is 5. The van der Waals surface area contributed by atoms with Gasteiger partial charge in [-0.3, -0.25) is 4.79 Å². The summed E-state index contributed by atoms with van der Waals surface area (Å²) in [7, 11) is 0. The van der Waals surface area contributed by atoms with Gasteiger partial charge in [-0.25, -0.2) is 4.79 Å². The highest BCUT2D eigenvalue weighted by Crippen LogP contribution is 2.55. The lowest BCUT2D eigenvalue weighted by Crippen LogP contribution is -2.74. The van der Waals surface area contributed by atoms with E-state index in [1.807, 2.05) is 33.8 Å². The average molecular weight is 442 g/mol. The van der Waals surface area contributed by atoms with E-state index < -0.39 is 6.09 Å². The first-order valence-corrected chi connectivity index (χ1v) is 10.1. The van der Waals surface area contributed by atoms with Crippen LogP contribution in [-0.2, 0) is 0 Å². The molecule has 0 radical (unpaired) electrons. The summed E-state index contributed by atoms with van der Waals surface area (Å²) in [6.07, 6.45) is -1.11. The van der Waals surface area contributed by atoms with E-state index in [1.54, 1.807) is 30.3 Å². The van der Waals surface area contributed by atoms with Crippen LogP contribution >= 0.6 is 11.6 Å². The highest BCUT2D eigenvalue weighted by atomic mass is 35.5. The molecule has 0 bridgehead atoms. The van der Waals surface area contributed by atoms with Gasteiger partial charge in [-0.15, -0.1) is 0 Å². The fraction of sp³-hybridized carbons (Fsp3) is 0.348. The molecule has 7 nitrogen and oxygen atoms in total. The standard InChI is InChI=1S/C23H24ClN3O4/c1-22(2)19(27-18(28)13-5-8-15(9-6-13)31-21(26)29)23(3,4)20(22)30-16-10-7-14(12-25)17(24)11-16/h5-11,19-20H,1-4H3,(H2,26,29)(H,27,28)/t19-,20-. The van der Waals surface area contributed by atoms with Crippen molar-refractivity contribution >= 4 is 23.6 Å². The molecule has 2 aromatic rings. The van der Waals surface area contributed by atoms with E-state index in [1.165, 1.54) is 12.1 Å². The van der Waals surface area contributed by atoms with E-state index in [2.05, 4.69) is 5.32 Å². The number of nitrogens with zero attached hydrogens (tertiary/aromatic N) is 1. The first kappa shape index (κ1) is 22.4. The molecule has 0 atom stereocenters. The summed E-state index contributed by atoms with van der Waals surface area (Å²) in [5.74, 6) is 0.601. The largest absolute Gasteiger partial charge is 0.489 e. The lowest BCUT2D eigenvalue weighted by atomic mass is 9.49. The van der Waals surface area contributed by atoms with Crippen molar-refractivity contribution in [1.29, 1.82) is 5.26 Å². The molecule has 0 unspecified atom stereocenters. The van der Waals surface area contributed by atoms with Crippen LogP contribution in [0.2, 0.25) is 5.02 Å². The molecule has 1 aliphatic rings. The van der Waals surface area contributed by atoms with Crippen LogP contribution in [0.4, 0.5) is 4.79 Å². The van der Waals surface area contributed by atoms with Crippen LogP contribution in [0.3, 0.4) is 0 Å². The molecule has 3 N–H and O–H groups in total. The van der Waals surface area contributed by atoms with Gasteiger partial charge in [-0.1, -0.05) is 39.3 Å². The molecule has 0 heterocycles. The van der Waals surface area contributed by atoms with Gasteiger partial charge < -0.3 is 20.5 Å². The average Bonchev–Trinajstić information content (AvgIpc) is 2.70. The first-order valence-electron chi connectivity index (χ1n) is 9.71. The number of nitriles is 1. The quantitative estimate of drug-likeness (QED) is 0.718. The van der Waals surface area contributed by atoms with Crippen molar-refractivity contribution < 1.29 is 19.1 Å². The van der Waals surface area contributed by atoms with Crippen LogP contribution in [0.15, 0.2) is 42.5 Å². The molecule has 0 aromatic heterocycles. The minimum atomic E-state index is -0.912. The summed E-state index contributed by atoms with van der Waals surface area (Å²) < 4.78 is 11.0. The maximum atomic E-state index is 12.8. The number of hydrogen-bond acceptors (Lipinski definition) is 5. The van der Waals surface area contributed by atoms with E-state index in [-0.39, 0.29) is 34.6 Å². The molecular formula is C23H24ClN3O4. The van der Waals surface area contributed by atoms with E-state index in [9.17, 15) is 9.59 Å². The molecule has 1 aliphatic carbocycles. The Morgan fingerprint density at radius 1 is 1.06 bits per heavy atom. The van der Waals surface area contributed by atoms with Crippen LogP contribution in [0.5, 0.6) is 11.5 Å². The summed E-state index contributed by atoms with van der Waals surface area (Å²) in [6.45, 7) is 8.12. The van der Waals surface area contributed by atoms with Gasteiger partial charge in [0.05, 0.1) is 10.6 Å². The first-order chi connectivity index (χ1) is 14.5. The minimum absolute atomic E-state index is 0.159. The van der Waals surface area contributed by atoms with Crippen LogP contribution in [-0.4, -0.2) is 24.1 Å². The summed E-state index contributed by atoms with van der Waals surface area (Å²) in [5.41, 5.74) is 5.08. The Balaban J connectivity index is 1.72. The number of amides is 2. The number of hydrogen-bond donors (Lipinski definition) is 2. The lowest BCUT2D eigenvalue weighted by molar-refractivity contribution is -0.164. The third-order valence-corrected chi connectivity index (χ3v) is 6.08. The van der Waals surface area contributed by atoms with Crippen LogP contribution < -0.4 is 20.5 Å². The maximum Gasteiger partial charge on any atom is 0.409 e. The molecule has 2 aromatic carbocycles. The minimum Gasteiger partial charge on any atom is -0.489 e. The normalized spacial score (nSPS) is 20.6. The van der Waals surface area contributed by atoms with Gasteiger partial charge in [0.1, 0.15) is 23.7 Å². The maximum absolute atomic E-state index is 12.8. The molecular weight excluding hydrogens is 418 g/mol. The summed E-state index contributed by atoms with van der Waals surface area (Å²) >= 11 is 6.13. The van der Waals surface area contributed by atoms with Gasteiger partial charge in [-0.05, 0) is 36.4 Å². The van der Waals surface area contributed by atoms with Gasteiger partial charge in [-0.2, -0.15) is 5.26 Å². The SMILES string of the molecule is CC1(C)[C@H](NC(=O)c2ccc(OC(N)=O)cc2)C(C)(C)[C@H]1Oc1ccc(C#N)c(Cl)c1. The monoisotopic (exact) mass is 441 g/mol. The Morgan fingerprint density at radius 3 is 2.16 bits per heavy atom. The molecule has 31 heavy (non-hydrogen) atoms. The zero-order valence-corrected chi connectivity index (χ0v) is 18.5. The third-order valence-electron chi connectivity index (χ3n) is 5.76. The molecule has 0 saturated heterocycles. The van der Waals surface area contributed by atoms with Crippen molar-refractivity contribution in [3.63, 3.8) is 0 Å². The second-order valence-electron chi connectivity index (χ2n) is 8.75. The van der Waals surface area contributed by atoms with Gasteiger partial charge in [0, 0.05) is 28.5 Å². The fourth-order valence-corrected chi connectivity index (χ4v) is 4.81. The molecule has 162 valence electrons. The molecule has 2 amide bonds. The third kappa shape index (κ3) is 4.30. The summed E-state index contributed by atoms with van der Waals surface area (Å²) in [6, 6.07) is 13.0. The van der Waals surface area contributed by atoms with Crippen molar-refractivity contribution in [3.05, 3.63) is 58.6 Å². The number of halogens is 1. The predicted molar refractivity (Wildman–Crippen MR) is 116 cm³/mol. The molecule has 1 fully saturated rings. The summed E-state index contributed by atoms with van der Waals surface area (Å²) in [5, 5.41) is 12.5. The lowest BCUT2D eigenvalue weighted by Gasteiger charge is -2.63. The highest BCUT2D eigenvalue weighted by molar-refractivity contribution is 6.31. The molecule has 1 saturated carbocycles. The Hall–Kier alpha value is -3.24. The van der Waals surface area contributed by atoms with Gasteiger partial charge >= 0.3 is 6.09 Å². The number of carbonyl (C=O) groups is 2. The van der Waals surface area contributed by atoms with Gasteiger partial charge in [0.25, 0.3) is 5.91 Å². The zero-order valence-electron chi connectivity index (χ0n) is 17.7. The van der Waals surface area contributed by atoms with Crippen molar-refractivity contribution in [1.82, 2.24) is 5.32 Å². The van der Waals surface area contributed by atoms with Crippen molar-refractivity contribution in [2.24, 2.45) is 16.6 Å². The topological polar surface area (TPSA) is 114 Å². The van der Waals surface area contributed by atoms with Crippen LogP contribution in [0.1, 0.15) is 43.6 Å². The van der Waals surface area contributed by atoms with Gasteiger partial charge in [0.15, 0.2) is 0 Å². The van der Waals surface area contributed by atoms with Crippen molar-refractivity contribution in [2.75, 3.05) is 0 Å². The smallest absolute Gasteiger partial charge is 0.409 e. The Bertz CT molecular complexity index is 1040. The van der Waals surface area contributed by atoms with Crippen LogP contribution in [0.25, 0.3) is 0 Å². The number of carbonyl (C=O) groups excluding carboxylic acids is 2. The molecule has 0 aliphatic heterocycles. The molecule has 0 spiro atoms. The Kier molecular flexibility index (Phi) is 5.88. The highest BCUT2D eigenvalue weighted by Gasteiger charge is 2.64. The predicted octanol–water partition coefficient (Wildman–Crippen LogP) is 4.28. The molecule has 3 rings (SSSR count). The Morgan fingerprint density at radius 2 is 1.65 bits per heavy atom. The number of primary amides is 1. The number of nitrogens with two attached hydrogens (primary N) is 1. The number of nitrogens with one attached hydrogen (secondary N) is 1. The van der Waals surface area contributed by atoms with E-state index in [0.717, 1.165) is 0 Å². The molecule has 8 heteroatoms. The van der Waals surface area contributed by atoms with Crippen molar-refractivity contribution in [2.45, 2.75) is 39.8 Å². The van der Waals surface area contributed by atoms with Gasteiger partial charge in [0.2, 0.25) is 0 Å². The van der Waals surface area contributed by atoms with Crippen LogP contribution in [0, 0.1) is 22.2 Å². The van der Waals surface area contributed by atoms with E-state index in [0.29, 0.717) is 21.9 Å². The summed E-state index contributed by atoms with van der Waals surface area (Å²) in [4.78, 5) is 23.6. The second-order valence-corrected chi connectivity index (χ2v) is 9.15. The fourth-order valence-electron chi connectivity index (χ4n) is 4.60. The number of ether oxygens (including phenoxy) is 2.